The van der Waals surface area contributed by atoms with Gasteiger partial charge in [-0.25, -0.2) is 0 Å². The first-order valence-electron chi connectivity index (χ1n) is 5.18. The average Bonchev–Trinajstić information content (AvgIpc) is 2.32. The number of rotatable bonds is 5. The van der Waals surface area contributed by atoms with Crippen molar-refractivity contribution in [3.8, 4) is 6.07 Å². The van der Waals surface area contributed by atoms with E-state index in [4.69, 9.17) is 15.7 Å². The lowest BCUT2D eigenvalue weighted by molar-refractivity contribution is -0.118. The van der Waals surface area contributed by atoms with Crippen LogP contribution in [0.15, 0.2) is 24.3 Å². The van der Waals surface area contributed by atoms with Crippen molar-refractivity contribution in [3.63, 3.8) is 0 Å². The lowest BCUT2D eigenvalue weighted by Gasteiger charge is -2.11. The molecule has 0 spiro atoms. The highest BCUT2D eigenvalue weighted by Gasteiger charge is 2.12. The van der Waals surface area contributed by atoms with E-state index in [-0.39, 0.29) is 12.5 Å². The van der Waals surface area contributed by atoms with Crippen LogP contribution in [-0.2, 0) is 16.0 Å². The molecule has 1 aromatic carbocycles. The number of carbonyl (C=O) groups is 1. The molecule has 90 valence electrons. The van der Waals surface area contributed by atoms with Gasteiger partial charge in [-0.1, -0.05) is 12.1 Å². The minimum atomic E-state index is -0.682. The molecule has 3 N–H and O–H groups in total. The van der Waals surface area contributed by atoms with Crippen molar-refractivity contribution in [2.75, 3.05) is 19.0 Å². The maximum absolute atomic E-state index is 11.5. The van der Waals surface area contributed by atoms with Gasteiger partial charge in [-0.3, -0.25) is 4.79 Å². The first-order chi connectivity index (χ1) is 8.17. The number of nitrogens with one attached hydrogen (secondary N) is 1. The standard InChI is InChI=1S/C12H15N3O2/c1-17-8-11(14)12(16)15-10-4-2-9(3-5-10)6-7-13/h2-5,11H,6,8,14H2,1H3,(H,15,16). The number of hydrogen-bond donors (Lipinski definition) is 2. The summed E-state index contributed by atoms with van der Waals surface area (Å²) in [4.78, 5) is 11.5. The summed E-state index contributed by atoms with van der Waals surface area (Å²) in [7, 11) is 1.49. The largest absolute Gasteiger partial charge is 0.383 e. The van der Waals surface area contributed by atoms with Crippen LogP contribution in [0.4, 0.5) is 5.69 Å². The van der Waals surface area contributed by atoms with Gasteiger partial charge in [0.15, 0.2) is 0 Å². The second kappa shape index (κ2) is 6.63. The molecule has 1 aromatic rings. The quantitative estimate of drug-likeness (QED) is 0.782. The van der Waals surface area contributed by atoms with Gasteiger partial charge in [0.1, 0.15) is 6.04 Å². The van der Waals surface area contributed by atoms with Crippen molar-refractivity contribution in [1.82, 2.24) is 0 Å². The van der Waals surface area contributed by atoms with E-state index in [9.17, 15) is 4.79 Å². The molecule has 1 amide bonds. The van der Waals surface area contributed by atoms with Crippen molar-refractivity contribution in [2.45, 2.75) is 12.5 Å². The number of amides is 1. The fourth-order valence-corrected chi connectivity index (χ4v) is 1.29. The van der Waals surface area contributed by atoms with Crippen molar-refractivity contribution in [3.05, 3.63) is 29.8 Å². The highest BCUT2D eigenvalue weighted by molar-refractivity contribution is 5.94. The van der Waals surface area contributed by atoms with Gasteiger partial charge in [0.25, 0.3) is 0 Å². The highest BCUT2D eigenvalue weighted by atomic mass is 16.5. The summed E-state index contributed by atoms with van der Waals surface area (Å²) < 4.78 is 4.79. The molecule has 0 aliphatic heterocycles. The summed E-state index contributed by atoms with van der Waals surface area (Å²) in [5.74, 6) is -0.292. The van der Waals surface area contributed by atoms with Gasteiger partial charge in [-0.05, 0) is 17.7 Å². The van der Waals surface area contributed by atoms with Crippen molar-refractivity contribution in [2.24, 2.45) is 5.73 Å². The summed E-state index contributed by atoms with van der Waals surface area (Å²) in [6, 6.07) is 8.44. The number of nitriles is 1. The predicted octanol–water partition coefficient (Wildman–Crippen LogP) is 0.665. The first kappa shape index (κ1) is 13.2. The van der Waals surface area contributed by atoms with E-state index in [1.54, 1.807) is 24.3 Å². The molecule has 0 radical (unpaired) electrons. The van der Waals surface area contributed by atoms with E-state index in [0.717, 1.165) is 5.56 Å². The molecule has 1 rings (SSSR count). The van der Waals surface area contributed by atoms with Crippen LogP contribution in [0.3, 0.4) is 0 Å². The van der Waals surface area contributed by atoms with Crippen LogP contribution in [0.2, 0.25) is 0 Å². The molecule has 0 fully saturated rings. The second-order valence-corrected chi connectivity index (χ2v) is 3.58. The number of carbonyl (C=O) groups excluding carboxylic acids is 1. The summed E-state index contributed by atoms with van der Waals surface area (Å²) >= 11 is 0. The lowest BCUT2D eigenvalue weighted by Crippen LogP contribution is -2.39. The Morgan fingerprint density at radius 3 is 2.71 bits per heavy atom. The van der Waals surface area contributed by atoms with Gasteiger partial charge in [0.2, 0.25) is 5.91 Å². The van der Waals surface area contributed by atoms with Crippen LogP contribution >= 0.6 is 0 Å². The normalized spacial score (nSPS) is 11.6. The van der Waals surface area contributed by atoms with Crippen molar-refractivity contribution < 1.29 is 9.53 Å². The predicted molar refractivity (Wildman–Crippen MR) is 64.2 cm³/mol. The van der Waals surface area contributed by atoms with Crippen LogP contribution in [0.25, 0.3) is 0 Å². The van der Waals surface area contributed by atoms with E-state index < -0.39 is 6.04 Å². The third-order valence-electron chi connectivity index (χ3n) is 2.19. The number of nitrogens with two attached hydrogens (primary N) is 1. The summed E-state index contributed by atoms with van der Waals surface area (Å²) in [6.07, 6.45) is 0.359. The molecule has 0 bridgehead atoms. The van der Waals surface area contributed by atoms with Crippen LogP contribution in [0, 0.1) is 11.3 Å². The third-order valence-corrected chi connectivity index (χ3v) is 2.19. The SMILES string of the molecule is COCC(N)C(=O)Nc1ccc(CC#N)cc1. The minimum absolute atomic E-state index is 0.179. The number of anilines is 1. The van der Waals surface area contributed by atoms with Crippen molar-refractivity contribution >= 4 is 11.6 Å². The first-order valence-corrected chi connectivity index (χ1v) is 5.18. The fraction of sp³-hybridized carbons (Fsp3) is 0.333. The zero-order chi connectivity index (χ0) is 12.7. The fourth-order valence-electron chi connectivity index (χ4n) is 1.29. The Hall–Kier alpha value is -1.90. The maximum atomic E-state index is 11.5. The molecular formula is C12H15N3O2. The Morgan fingerprint density at radius 1 is 1.53 bits per heavy atom. The van der Waals surface area contributed by atoms with Crippen LogP contribution in [0.1, 0.15) is 5.56 Å². The topological polar surface area (TPSA) is 88.1 Å². The number of ether oxygens (including phenoxy) is 1. The molecule has 0 saturated heterocycles. The second-order valence-electron chi connectivity index (χ2n) is 3.58. The summed E-state index contributed by atoms with van der Waals surface area (Å²) in [5, 5.41) is 11.2. The molecule has 5 heteroatoms. The van der Waals surface area contributed by atoms with E-state index in [2.05, 4.69) is 11.4 Å². The Bertz CT molecular complexity index is 409. The Labute approximate surface area is 100 Å². The Balaban J connectivity index is 2.57. The van der Waals surface area contributed by atoms with Crippen LogP contribution < -0.4 is 11.1 Å². The van der Waals surface area contributed by atoms with Crippen LogP contribution in [-0.4, -0.2) is 25.7 Å². The van der Waals surface area contributed by atoms with E-state index >= 15 is 0 Å². The molecule has 17 heavy (non-hydrogen) atoms. The van der Waals surface area contributed by atoms with Gasteiger partial charge in [-0.2, -0.15) is 5.26 Å². The Kier molecular flexibility index (Phi) is 5.14. The van der Waals surface area contributed by atoms with Gasteiger partial charge in [0.05, 0.1) is 19.1 Å². The number of nitrogens with zero attached hydrogens (tertiary/aromatic N) is 1. The molecule has 0 aliphatic rings. The summed E-state index contributed by atoms with van der Waals surface area (Å²) in [6.45, 7) is 0.179. The zero-order valence-electron chi connectivity index (χ0n) is 9.64. The number of benzene rings is 1. The zero-order valence-corrected chi connectivity index (χ0v) is 9.64. The molecule has 0 heterocycles. The molecule has 1 unspecified atom stereocenters. The van der Waals surface area contributed by atoms with E-state index in [1.165, 1.54) is 7.11 Å². The van der Waals surface area contributed by atoms with Gasteiger partial charge < -0.3 is 15.8 Å². The Morgan fingerprint density at radius 2 is 2.18 bits per heavy atom. The molecule has 5 nitrogen and oxygen atoms in total. The minimum Gasteiger partial charge on any atom is -0.383 e. The third kappa shape index (κ3) is 4.23. The monoisotopic (exact) mass is 233 g/mol. The van der Waals surface area contributed by atoms with E-state index in [0.29, 0.717) is 12.1 Å². The molecule has 0 aliphatic carbocycles. The smallest absolute Gasteiger partial charge is 0.243 e. The summed E-state index contributed by atoms with van der Waals surface area (Å²) in [5.41, 5.74) is 7.14. The number of hydrogen-bond acceptors (Lipinski definition) is 4. The van der Waals surface area contributed by atoms with Gasteiger partial charge in [0, 0.05) is 12.8 Å². The molecule has 0 aromatic heterocycles. The van der Waals surface area contributed by atoms with E-state index in [1.807, 2.05) is 0 Å². The maximum Gasteiger partial charge on any atom is 0.243 e. The lowest BCUT2D eigenvalue weighted by atomic mass is 10.1. The van der Waals surface area contributed by atoms with Crippen LogP contribution in [0.5, 0.6) is 0 Å². The van der Waals surface area contributed by atoms with Gasteiger partial charge >= 0.3 is 0 Å². The molecule has 0 saturated carbocycles. The average molecular weight is 233 g/mol. The van der Waals surface area contributed by atoms with Gasteiger partial charge in [-0.15, -0.1) is 0 Å². The molecular weight excluding hydrogens is 218 g/mol. The highest BCUT2D eigenvalue weighted by Crippen LogP contribution is 2.10. The number of methoxy groups -OCH3 is 1. The van der Waals surface area contributed by atoms with Crippen molar-refractivity contribution in [1.29, 1.82) is 5.26 Å². The molecule has 1 atom stereocenters.